The van der Waals surface area contributed by atoms with Gasteiger partial charge in [-0.15, -0.1) is 0 Å². The third kappa shape index (κ3) is 2.89. The standard InChI is InChI=1S/C16H23N3O2/c1-2-3-12-4-5-13-14(9-18-15(13)19-12)10-6-11(16(20)21)8-17-7-10/h4-6,11,14-15,17-19H,2-3,7-9H2,1H3,(H,20,21). The third-order valence-electron chi connectivity index (χ3n) is 4.46. The van der Waals surface area contributed by atoms with E-state index in [1.165, 1.54) is 16.8 Å². The SMILES string of the molecule is CCCC1=CC=C2C(NCC2C2=CC(C(=O)O)CNC2)N1. The van der Waals surface area contributed by atoms with Gasteiger partial charge in [0.2, 0.25) is 0 Å². The van der Waals surface area contributed by atoms with Crippen LogP contribution in [0.1, 0.15) is 19.8 Å². The molecule has 5 heteroatoms. The molecule has 0 aromatic carbocycles. The Kier molecular flexibility index (Phi) is 4.12. The van der Waals surface area contributed by atoms with Crippen LogP contribution in [0.3, 0.4) is 0 Å². The predicted octanol–water partition coefficient (Wildman–Crippen LogP) is 0.976. The Morgan fingerprint density at radius 1 is 1.38 bits per heavy atom. The molecule has 114 valence electrons. The van der Waals surface area contributed by atoms with Gasteiger partial charge in [0, 0.05) is 31.2 Å². The predicted molar refractivity (Wildman–Crippen MR) is 81.6 cm³/mol. The molecule has 0 bridgehead atoms. The zero-order chi connectivity index (χ0) is 14.8. The fourth-order valence-electron chi connectivity index (χ4n) is 3.37. The Bertz CT molecular complexity index is 522. The molecule has 3 unspecified atom stereocenters. The van der Waals surface area contributed by atoms with Crippen molar-refractivity contribution >= 4 is 5.97 Å². The van der Waals surface area contributed by atoms with E-state index in [9.17, 15) is 9.90 Å². The number of nitrogens with one attached hydrogen (secondary N) is 3. The third-order valence-corrected chi connectivity index (χ3v) is 4.46. The highest BCUT2D eigenvalue weighted by molar-refractivity contribution is 5.73. The van der Waals surface area contributed by atoms with Crippen molar-refractivity contribution in [2.24, 2.45) is 11.8 Å². The van der Waals surface area contributed by atoms with E-state index in [0.717, 1.165) is 25.9 Å². The quantitative estimate of drug-likeness (QED) is 0.581. The minimum atomic E-state index is -0.747. The highest BCUT2D eigenvalue weighted by Crippen LogP contribution is 2.31. The lowest BCUT2D eigenvalue weighted by atomic mass is 9.86. The van der Waals surface area contributed by atoms with Crippen molar-refractivity contribution in [1.29, 1.82) is 0 Å². The van der Waals surface area contributed by atoms with Gasteiger partial charge in [0.25, 0.3) is 0 Å². The molecule has 5 nitrogen and oxygen atoms in total. The van der Waals surface area contributed by atoms with Crippen molar-refractivity contribution < 1.29 is 9.90 Å². The molecule has 0 saturated carbocycles. The summed E-state index contributed by atoms with van der Waals surface area (Å²) in [4.78, 5) is 11.2. The van der Waals surface area contributed by atoms with Crippen molar-refractivity contribution in [3.63, 3.8) is 0 Å². The van der Waals surface area contributed by atoms with Crippen LogP contribution in [0.4, 0.5) is 0 Å². The number of allylic oxidation sites excluding steroid dienone is 3. The minimum absolute atomic E-state index is 0.202. The van der Waals surface area contributed by atoms with Crippen molar-refractivity contribution in [2.45, 2.75) is 25.9 Å². The number of carbonyl (C=O) groups is 1. The van der Waals surface area contributed by atoms with E-state index in [1.807, 2.05) is 6.08 Å². The Labute approximate surface area is 125 Å². The maximum absolute atomic E-state index is 11.2. The summed E-state index contributed by atoms with van der Waals surface area (Å²) in [5.41, 5.74) is 3.80. The smallest absolute Gasteiger partial charge is 0.311 e. The molecule has 3 aliphatic rings. The number of carboxylic acid groups (broad SMARTS) is 1. The van der Waals surface area contributed by atoms with Crippen molar-refractivity contribution in [2.75, 3.05) is 19.6 Å². The number of fused-ring (bicyclic) bond motifs is 1. The number of rotatable bonds is 4. The summed E-state index contributed by atoms with van der Waals surface area (Å²) in [6, 6.07) is 0. The fraction of sp³-hybridized carbons (Fsp3) is 0.562. The lowest BCUT2D eigenvalue weighted by Gasteiger charge is -2.27. The van der Waals surface area contributed by atoms with Crippen LogP contribution in [0.5, 0.6) is 0 Å². The number of aliphatic carboxylic acids is 1. The minimum Gasteiger partial charge on any atom is -0.481 e. The van der Waals surface area contributed by atoms with E-state index in [-0.39, 0.29) is 6.17 Å². The van der Waals surface area contributed by atoms with Crippen LogP contribution in [0.2, 0.25) is 0 Å². The van der Waals surface area contributed by atoms with Crippen LogP contribution >= 0.6 is 0 Å². The average Bonchev–Trinajstić information content (AvgIpc) is 2.91. The first kappa shape index (κ1) is 14.4. The van der Waals surface area contributed by atoms with E-state index >= 15 is 0 Å². The van der Waals surface area contributed by atoms with Gasteiger partial charge in [0.15, 0.2) is 0 Å². The summed E-state index contributed by atoms with van der Waals surface area (Å²) >= 11 is 0. The summed E-state index contributed by atoms with van der Waals surface area (Å²) in [6.45, 7) is 4.36. The van der Waals surface area contributed by atoms with Crippen LogP contribution in [-0.4, -0.2) is 36.9 Å². The van der Waals surface area contributed by atoms with Gasteiger partial charge in [-0.2, -0.15) is 0 Å². The van der Waals surface area contributed by atoms with Gasteiger partial charge in [-0.3, -0.25) is 10.1 Å². The van der Waals surface area contributed by atoms with E-state index in [0.29, 0.717) is 12.5 Å². The highest BCUT2D eigenvalue weighted by Gasteiger charge is 2.35. The van der Waals surface area contributed by atoms with Crippen LogP contribution < -0.4 is 16.0 Å². The lowest BCUT2D eigenvalue weighted by Crippen LogP contribution is -2.39. The van der Waals surface area contributed by atoms with E-state index in [1.54, 1.807) is 0 Å². The number of hydrogen-bond donors (Lipinski definition) is 4. The number of dihydropyridines is 1. The Balaban J connectivity index is 1.79. The first-order valence-electron chi connectivity index (χ1n) is 7.73. The second-order valence-electron chi connectivity index (χ2n) is 5.96. The molecule has 0 aromatic rings. The normalized spacial score (nSPS) is 31.7. The molecule has 21 heavy (non-hydrogen) atoms. The molecule has 0 radical (unpaired) electrons. The summed E-state index contributed by atoms with van der Waals surface area (Å²) < 4.78 is 0. The highest BCUT2D eigenvalue weighted by atomic mass is 16.4. The molecule has 1 saturated heterocycles. The van der Waals surface area contributed by atoms with Crippen molar-refractivity contribution in [3.8, 4) is 0 Å². The molecule has 3 atom stereocenters. The van der Waals surface area contributed by atoms with Crippen LogP contribution in [0, 0.1) is 11.8 Å². The van der Waals surface area contributed by atoms with Crippen LogP contribution in [-0.2, 0) is 4.79 Å². The Morgan fingerprint density at radius 3 is 3.00 bits per heavy atom. The zero-order valence-corrected chi connectivity index (χ0v) is 12.4. The lowest BCUT2D eigenvalue weighted by molar-refractivity contribution is -0.140. The van der Waals surface area contributed by atoms with Gasteiger partial charge in [-0.05, 0) is 18.1 Å². The number of carboxylic acids is 1. The molecule has 3 rings (SSSR count). The molecule has 3 aliphatic heterocycles. The van der Waals surface area contributed by atoms with Crippen LogP contribution in [0.15, 0.2) is 35.1 Å². The van der Waals surface area contributed by atoms with Gasteiger partial charge in [0.1, 0.15) is 0 Å². The molecule has 3 heterocycles. The van der Waals surface area contributed by atoms with Gasteiger partial charge in [0.05, 0.1) is 12.1 Å². The maximum atomic E-state index is 11.2. The Hall–Kier alpha value is -1.59. The summed E-state index contributed by atoms with van der Waals surface area (Å²) in [7, 11) is 0. The summed E-state index contributed by atoms with van der Waals surface area (Å²) in [6.07, 6.45) is 8.72. The van der Waals surface area contributed by atoms with Gasteiger partial charge < -0.3 is 15.7 Å². The average molecular weight is 289 g/mol. The molecule has 4 N–H and O–H groups in total. The maximum Gasteiger partial charge on any atom is 0.311 e. The summed E-state index contributed by atoms with van der Waals surface area (Å²) in [5.74, 6) is -0.851. The van der Waals surface area contributed by atoms with Gasteiger partial charge in [-0.1, -0.05) is 31.1 Å². The second kappa shape index (κ2) is 6.03. The fourth-order valence-corrected chi connectivity index (χ4v) is 3.37. The molecule has 0 spiro atoms. The molecule has 0 aromatic heterocycles. The molecular weight excluding hydrogens is 266 g/mol. The van der Waals surface area contributed by atoms with Crippen LogP contribution in [0.25, 0.3) is 0 Å². The molecule has 1 fully saturated rings. The first-order valence-corrected chi connectivity index (χ1v) is 7.73. The second-order valence-corrected chi connectivity index (χ2v) is 5.96. The number of hydrogen-bond acceptors (Lipinski definition) is 4. The van der Waals surface area contributed by atoms with E-state index in [4.69, 9.17) is 0 Å². The van der Waals surface area contributed by atoms with Gasteiger partial charge >= 0.3 is 5.97 Å². The molecule has 0 aliphatic carbocycles. The van der Waals surface area contributed by atoms with Crippen molar-refractivity contribution in [1.82, 2.24) is 16.0 Å². The molecular formula is C16H23N3O2. The Morgan fingerprint density at radius 2 is 2.24 bits per heavy atom. The van der Waals surface area contributed by atoms with Crippen molar-refractivity contribution in [3.05, 3.63) is 35.1 Å². The molecule has 0 amide bonds. The van der Waals surface area contributed by atoms with E-state index < -0.39 is 11.9 Å². The van der Waals surface area contributed by atoms with E-state index in [2.05, 4.69) is 35.0 Å². The first-order chi connectivity index (χ1) is 10.2. The van der Waals surface area contributed by atoms with Gasteiger partial charge in [-0.25, -0.2) is 0 Å². The monoisotopic (exact) mass is 289 g/mol. The largest absolute Gasteiger partial charge is 0.481 e. The topological polar surface area (TPSA) is 73.4 Å². The zero-order valence-electron chi connectivity index (χ0n) is 12.4. The summed E-state index contributed by atoms with van der Waals surface area (Å²) in [5, 5.41) is 19.5.